The van der Waals surface area contributed by atoms with Crippen molar-refractivity contribution in [3.8, 4) is 0 Å². The predicted octanol–water partition coefficient (Wildman–Crippen LogP) is 1.47. The maximum Gasteiger partial charge on any atom is 0.325 e. The molecule has 21 heavy (non-hydrogen) atoms. The zero-order valence-corrected chi connectivity index (χ0v) is 13.2. The van der Waals surface area contributed by atoms with E-state index in [-0.39, 0.29) is 12.0 Å². The van der Waals surface area contributed by atoms with Crippen molar-refractivity contribution in [1.29, 1.82) is 0 Å². The van der Waals surface area contributed by atoms with Crippen molar-refractivity contribution in [3.05, 3.63) is 0 Å². The molecule has 2 N–H and O–H groups in total. The standard InChI is InChI=1S/C16H28N2O3/c1-11(2)17-16(15(19)20,12-6-7-12)10-18-8-9-21-14-5-3-4-13(14)18/h11-14,17H,3-10H2,1-2H3,(H,19,20). The van der Waals surface area contributed by atoms with Gasteiger partial charge in [-0.15, -0.1) is 0 Å². The van der Waals surface area contributed by atoms with Gasteiger partial charge >= 0.3 is 5.97 Å². The first-order chi connectivity index (χ1) is 10.0. The molecule has 3 aliphatic rings. The van der Waals surface area contributed by atoms with Crippen LogP contribution in [0.3, 0.4) is 0 Å². The number of nitrogens with zero attached hydrogens (tertiary/aromatic N) is 1. The van der Waals surface area contributed by atoms with Crippen LogP contribution in [-0.2, 0) is 9.53 Å². The number of ether oxygens (including phenoxy) is 1. The van der Waals surface area contributed by atoms with Crippen LogP contribution in [0.1, 0.15) is 46.0 Å². The van der Waals surface area contributed by atoms with Crippen molar-refractivity contribution < 1.29 is 14.6 Å². The molecule has 2 saturated carbocycles. The summed E-state index contributed by atoms with van der Waals surface area (Å²) in [5.74, 6) is -0.403. The van der Waals surface area contributed by atoms with Gasteiger partial charge in [0, 0.05) is 25.2 Å². The van der Waals surface area contributed by atoms with Gasteiger partial charge in [-0.25, -0.2) is 0 Å². The van der Waals surface area contributed by atoms with Gasteiger partial charge in [-0.3, -0.25) is 15.0 Å². The minimum Gasteiger partial charge on any atom is -0.480 e. The molecule has 1 aliphatic heterocycles. The molecule has 3 fully saturated rings. The van der Waals surface area contributed by atoms with E-state index in [1.807, 2.05) is 13.8 Å². The highest BCUT2D eigenvalue weighted by Gasteiger charge is 2.53. The molecule has 3 rings (SSSR count). The van der Waals surface area contributed by atoms with E-state index >= 15 is 0 Å². The summed E-state index contributed by atoms with van der Waals surface area (Å²) in [7, 11) is 0. The number of carboxylic acids is 1. The molecule has 1 saturated heterocycles. The first kappa shape index (κ1) is 15.3. The molecule has 5 heteroatoms. The van der Waals surface area contributed by atoms with Crippen LogP contribution in [0.25, 0.3) is 0 Å². The second kappa shape index (κ2) is 5.86. The summed E-state index contributed by atoms with van der Waals surface area (Å²) in [6.07, 6.45) is 5.86. The van der Waals surface area contributed by atoms with E-state index in [0.29, 0.717) is 18.7 Å². The summed E-state index contributed by atoms with van der Waals surface area (Å²) in [6.45, 7) is 6.30. The molecule has 5 nitrogen and oxygen atoms in total. The number of rotatable bonds is 6. The van der Waals surface area contributed by atoms with E-state index in [2.05, 4.69) is 10.2 Å². The Labute approximate surface area is 127 Å². The van der Waals surface area contributed by atoms with E-state index in [4.69, 9.17) is 4.74 Å². The topological polar surface area (TPSA) is 61.8 Å². The minimum atomic E-state index is -0.779. The molecule has 120 valence electrons. The number of carboxylic acid groups (broad SMARTS) is 1. The lowest BCUT2D eigenvalue weighted by Crippen LogP contribution is -2.65. The van der Waals surface area contributed by atoms with Gasteiger partial charge in [0.05, 0.1) is 12.7 Å². The van der Waals surface area contributed by atoms with Gasteiger partial charge in [-0.2, -0.15) is 0 Å². The number of hydrogen-bond donors (Lipinski definition) is 2. The Hall–Kier alpha value is -0.650. The van der Waals surface area contributed by atoms with Crippen LogP contribution in [-0.4, -0.2) is 59.4 Å². The smallest absolute Gasteiger partial charge is 0.325 e. The van der Waals surface area contributed by atoms with E-state index in [1.54, 1.807) is 0 Å². The number of aliphatic carboxylic acids is 1. The molecule has 0 aromatic carbocycles. The van der Waals surface area contributed by atoms with Crippen molar-refractivity contribution >= 4 is 5.97 Å². The molecule has 0 spiro atoms. The van der Waals surface area contributed by atoms with Crippen molar-refractivity contribution in [2.75, 3.05) is 19.7 Å². The molecule has 3 atom stereocenters. The molecule has 3 unspecified atom stereocenters. The van der Waals surface area contributed by atoms with Crippen molar-refractivity contribution in [2.45, 2.75) is 69.7 Å². The van der Waals surface area contributed by atoms with Gasteiger partial charge in [0.1, 0.15) is 5.54 Å². The van der Waals surface area contributed by atoms with Crippen molar-refractivity contribution in [1.82, 2.24) is 10.2 Å². The van der Waals surface area contributed by atoms with Gasteiger partial charge < -0.3 is 9.84 Å². The average Bonchev–Trinajstić information content (AvgIpc) is 3.16. The Morgan fingerprint density at radius 1 is 1.38 bits per heavy atom. The highest BCUT2D eigenvalue weighted by Crippen LogP contribution is 2.42. The zero-order valence-electron chi connectivity index (χ0n) is 13.2. The van der Waals surface area contributed by atoms with Gasteiger partial charge in [0.2, 0.25) is 0 Å². The second-order valence-electron chi connectivity index (χ2n) is 7.23. The number of carbonyl (C=O) groups is 1. The quantitative estimate of drug-likeness (QED) is 0.777. The maximum absolute atomic E-state index is 12.1. The number of fused-ring (bicyclic) bond motifs is 1. The minimum absolute atomic E-state index is 0.183. The first-order valence-electron chi connectivity index (χ1n) is 8.39. The van der Waals surface area contributed by atoms with Gasteiger partial charge in [-0.05, 0) is 51.9 Å². The third-order valence-corrected chi connectivity index (χ3v) is 5.25. The van der Waals surface area contributed by atoms with Crippen LogP contribution in [0.4, 0.5) is 0 Å². The van der Waals surface area contributed by atoms with E-state index in [9.17, 15) is 9.90 Å². The lowest BCUT2D eigenvalue weighted by atomic mass is 9.90. The average molecular weight is 296 g/mol. The Kier molecular flexibility index (Phi) is 4.26. The van der Waals surface area contributed by atoms with Gasteiger partial charge in [0.15, 0.2) is 0 Å². The SMILES string of the molecule is CC(C)NC(CN1CCOC2CCCC21)(C(=O)O)C1CC1. The van der Waals surface area contributed by atoms with Gasteiger partial charge in [0.25, 0.3) is 0 Å². The van der Waals surface area contributed by atoms with Gasteiger partial charge in [-0.1, -0.05) is 0 Å². The molecular formula is C16H28N2O3. The first-order valence-corrected chi connectivity index (χ1v) is 8.39. The Morgan fingerprint density at radius 3 is 2.76 bits per heavy atom. The summed E-state index contributed by atoms with van der Waals surface area (Å²) < 4.78 is 5.85. The van der Waals surface area contributed by atoms with Crippen molar-refractivity contribution in [3.63, 3.8) is 0 Å². The zero-order chi connectivity index (χ0) is 15.0. The molecule has 0 bridgehead atoms. The lowest BCUT2D eigenvalue weighted by Gasteiger charge is -2.43. The number of morpholine rings is 1. The Morgan fingerprint density at radius 2 is 2.14 bits per heavy atom. The molecule has 2 aliphatic carbocycles. The van der Waals surface area contributed by atoms with E-state index in [0.717, 1.165) is 38.8 Å². The maximum atomic E-state index is 12.1. The fourth-order valence-electron chi connectivity index (χ4n) is 4.21. The van der Waals surface area contributed by atoms with Crippen LogP contribution in [0.2, 0.25) is 0 Å². The molecule has 0 amide bonds. The predicted molar refractivity (Wildman–Crippen MR) is 80.3 cm³/mol. The fourth-order valence-corrected chi connectivity index (χ4v) is 4.21. The largest absolute Gasteiger partial charge is 0.480 e. The Balaban J connectivity index is 1.78. The summed E-state index contributed by atoms with van der Waals surface area (Å²) in [4.78, 5) is 14.5. The van der Waals surface area contributed by atoms with E-state index in [1.165, 1.54) is 6.42 Å². The Bertz CT molecular complexity index is 397. The molecule has 1 heterocycles. The van der Waals surface area contributed by atoms with E-state index < -0.39 is 11.5 Å². The number of hydrogen-bond acceptors (Lipinski definition) is 4. The molecule has 0 radical (unpaired) electrons. The summed E-state index contributed by atoms with van der Waals surface area (Å²) in [6, 6.07) is 0.604. The fraction of sp³-hybridized carbons (Fsp3) is 0.938. The summed E-state index contributed by atoms with van der Waals surface area (Å²) in [5, 5.41) is 13.3. The molecular weight excluding hydrogens is 268 g/mol. The van der Waals surface area contributed by atoms with Crippen molar-refractivity contribution in [2.24, 2.45) is 5.92 Å². The lowest BCUT2D eigenvalue weighted by molar-refractivity contribution is -0.149. The number of nitrogens with one attached hydrogen (secondary N) is 1. The summed E-state index contributed by atoms with van der Waals surface area (Å²) >= 11 is 0. The molecule has 0 aromatic heterocycles. The molecule has 0 aromatic rings. The summed E-state index contributed by atoms with van der Waals surface area (Å²) in [5.41, 5.74) is -0.779. The third-order valence-electron chi connectivity index (χ3n) is 5.25. The highest BCUT2D eigenvalue weighted by molar-refractivity contribution is 5.80. The van der Waals surface area contributed by atoms with Crippen LogP contribution in [0, 0.1) is 5.92 Å². The monoisotopic (exact) mass is 296 g/mol. The third kappa shape index (κ3) is 2.96. The van der Waals surface area contributed by atoms with Crippen LogP contribution >= 0.6 is 0 Å². The second-order valence-corrected chi connectivity index (χ2v) is 7.23. The highest BCUT2D eigenvalue weighted by atomic mass is 16.5. The normalized spacial score (nSPS) is 32.9. The van der Waals surface area contributed by atoms with Crippen LogP contribution in [0.5, 0.6) is 0 Å². The van der Waals surface area contributed by atoms with Crippen LogP contribution < -0.4 is 5.32 Å². The van der Waals surface area contributed by atoms with Crippen LogP contribution in [0.15, 0.2) is 0 Å².